The van der Waals surface area contributed by atoms with Crippen LogP contribution in [-0.4, -0.2) is 9.97 Å². The summed E-state index contributed by atoms with van der Waals surface area (Å²) in [7, 11) is 0. The second-order valence-electron chi connectivity index (χ2n) is 3.06. The third kappa shape index (κ3) is 1.22. The molecule has 0 aliphatic carbocycles. The van der Waals surface area contributed by atoms with E-state index in [2.05, 4.69) is 9.97 Å². The monoisotopic (exact) mass is 194 g/mol. The van der Waals surface area contributed by atoms with E-state index in [4.69, 9.17) is 0 Å². The SMILES string of the molecule is Cc1cc2c(=O)[nH]c(=O)[nH]c2cc1F. The number of H-pyrrole nitrogens is 2. The van der Waals surface area contributed by atoms with Crippen LogP contribution in [0, 0.1) is 12.7 Å². The molecular formula is C9H7FN2O2. The molecule has 0 spiro atoms. The van der Waals surface area contributed by atoms with Gasteiger partial charge in [0.1, 0.15) is 5.82 Å². The summed E-state index contributed by atoms with van der Waals surface area (Å²) >= 11 is 0. The molecule has 0 saturated carbocycles. The topological polar surface area (TPSA) is 65.7 Å². The highest BCUT2D eigenvalue weighted by molar-refractivity contribution is 5.77. The molecule has 0 radical (unpaired) electrons. The molecule has 4 nitrogen and oxygen atoms in total. The molecule has 2 aromatic rings. The zero-order valence-corrected chi connectivity index (χ0v) is 7.35. The second-order valence-corrected chi connectivity index (χ2v) is 3.06. The van der Waals surface area contributed by atoms with Crippen LogP contribution in [0.25, 0.3) is 10.9 Å². The van der Waals surface area contributed by atoms with Gasteiger partial charge in [0.25, 0.3) is 5.56 Å². The summed E-state index contributed by atoms with van der Waals surface area (Å²) in [5.74, 6) is -0.446. The fourth-order valence-electron chi connectivity index (χ4n) is 1.30. The molecule has 72 valence electrons. The summed E-state index contributed by atoms with van der Waals surface area (Å²) in [6.07, 6.45) is 0. The summed E-state index contributed by atoms with van der Waals surface area (Å²) in [5.41, 5.74) is -0.561. The third-order valence-corrected chi connectivity index (χ3v) is 2.02. The van der Waals surface area contributed by atoms with E-state index in [9.17, 15) is 14.0 Å². The molecule has 1 aromatic carbocycles. The largest absolute Gasteiger partial charge is 0.326 e. The van der Waals surface area contributed by atoms with Gasteiger partial charge in [-0.25, -0.2) is 9.18 Å². The highest BCUT2D eigenvalue weighted by Gasteiger charge is 2.04. The van der Waals surface area contributed by atoms with Gasteiger partial charge < -0.3 is 4.98 Å². The second kappa shape index (κ2) is 2.80. The Morgan fingerprint density at radius 3 is 2.64 bits per heavy atom. The third-order valence-electron chi connectivity index (χ3n) is 2.02. The van der Waals surface area contributed by atoms with E-state index in [0.29, 0.717) is 5.56 Å². The van der Waals surface area contributed by atoms with Gasteiger partial charge in [0.05, 0.1) is 10.9 Å². The first-order valence-corrected chi connectivity index (χ1v) is 4.00. The Morgan fingerprint density at radius 2 is 1.93 bits per heavy atom. The van der Waals surface area contributed by atoms with Gasteiger partial charge in [0.2, 0.25) is 0 Å². The summed E-state index contributed by atoms with van der Waals surface area (Å²) in [6, 6.07) is 2.54. The predicted octanol–water partition coefficient (Wildman–Crippen LogP) is 0.664. The van der Waals surface area contributed by atoms with Crippen molar-refractivity contribution in [2.75, 3.05) is 0 Å². The van der Waals surface area contributed by atoms with E-state index in [1.807, 2.05) is 0 Å². The molecule has 0 bridgehead atoms. The van der Waals surface area contributed by atoms with Crippen LogP contribution in [0.15, 0.2) is 21.7 Å². The van der Waals surface area contributed by atoms with E-state index in [1.54, 1.807) is 6.92 Å². The summed E-state index contributed by atoms with van der Waals surface area (Å²) in [5, 5.41) is 0.281. The average Bonchev–Trinajstić information content (AvgIpc) is 2.08. The molecule has 0 atom stereocenters. The predicted molar refractivity (Wildman–Crippen MR) is 49.9 cm³/mol. The van der Waals surface area contributed by atoms with Crippen molar-refractivity contribution in [2.24, 2.45) is 0 Å². The standard InChI is InChI=1S/C9H7FN2O2/c1-4-2-5-7(3-6(4)10)11-9(14)12-8(5)13/h2-3H,1H3,(H2,11,12,13,14). The van der Waals surface area contributed by atoms with Crippen LogP contribution in [0.2, 0.25) is 0 Å². The molecule has 0 aliphatic rings. The molecule has 2 N–H and O–H groups in total. The molecule has 0 amide bonds. The zero-order valence-electron chi connectivity index (χ0n) is 7.35. The lowest BCUT2D eigenvalue weighted by Gasteiger charge is -1.99. The molecule has 0 unspecified atom stereocenters. The Morgan fingerprint density at radius 1 is 1.21 bits per heavy atom. The average molecular weight is 194 g/mol. The lowest BCUT2D eigenvalue weighted by Crippen LogP contribution is -2.22. The van der Waals surface area contributed by atoms with Crippen LogP contribution in [-0.2, 0) is 0 Å². The number of hydrogen-bond donors (Lipinski definition) is 2. The smallest absolute Gasteiger partial charge is 0.307 e. The van der Waals surface area contributed by atoms with Crippen molar-refractivity contribution < 1.29 is 4.39 Å². The van der Waals surface area contributed by atoms with Crippen LogP contribution in [0.3, 0.4) is 0 Å². The first-order valence-electron chi connectivity index (χ1n) is 4.00. The van der Waals surface area contributed by atoms with Crippen LogP contribution in [0.1, 0.15) is 5.56 Å². The van der Waals surface area contributed by atoms with Gasteiger partial charge in [-0.1, -0.05) is 0 Å². The van der Waals surface area contributed by atoms with E-state index < -0.39 is 17.1 Å². The van der Waals surface area contributed by atoms with Crippen molar-refractivity contribution in [3.63, 3.8) is 0 Å². The van der Waals surface area contributed by atoms with Crippen molar-refractivity contribution in [1.82, 2.24) is 9.97 Å². The number of rotatable bonds is 0. The van der Waals surface area contributed by atoms with E-state index >= 15 is 0 Å². The van der Waals surface area contributed by atoms with Crippen molar-refractivity contribution >= 4 is 10.9 Å². The molecule has 14 heavy (non-hydrogen) atoms. The lowest BCUT2D eigenvalue weighted by atomic mass is 10.1. The highest BCUT2D eigenvalue weighted by Crippen LogP contribution is 2.12. The van der Waals surface area contributed by atoms with Crippen LogP contribution in [0.4, 0.5) is 4.39 Å². The highest BCUT2D eigenvalue weighted by atomic mass is 19.1. The van der Waals surface area contributed by atoms with Gasteiger partial charge in [-0.15, -0.1) is 0 Å². The van der Waals surface area contributed by atoms with Crippen LogP contribution in [0.5, 0.6) is 0 Å². The first-order chi connectivity index (χ1) is 6.58. The first kappa shape index (κ1) is 8.68. The fourth-order valence-corrected chi connectivity index (χ4v) is 1.30. The Kier molecular flexibility index (Phi) is 1.73. The maximum absolute atomic E-state index is 13.1. The van der Waals surface area contributed by atoms with Gasteiger partial charge in [-0.2, -0.15) is 0 Å². The van der Waals surface area contributed by atoms with Gasteiger partial charge in [-0.3, -0.25) is 9.78 Å². The molecular weight excluding hydrogens is 187 g/mol. The summed E-state index contributed by atoms with van der Waals surface area (Å²) in [6.45, 7) is 1.55. The number of halogens is 1. The van der Waals surface area contributed by atoms with Crippen molar-refractivity contribution in [3.05, 3.63) is 44.4 Å². The Hall–Kier alpha value is -1.91. The van der Waals surface area contributed by atoms with Crippen LogP contribution >= 0.6 is 0 Å². The van der Waals surface area contributed by atoms with Gasteiger partial charge >= 0.3 is 5.69 Å². The molecule has 0 saturated heterocycles. The minimum Gasteiger partial charge on any atom is -0.307 e. The fraction of sp³-hybridized carbons (Fsp3) is 0.111. The lowest BCUT2D eigenvalue weighted by molar-refractivity contribution is 0.620. The molecule has 1 aromatic heterocycles. The van der Waals surface area contributed by atoms with E-state index in [1.165, 1.54) is 6.07 Å². The molecule has 0 fully saturated rings. The maximum Gasteiger partial charge on any atom is 0.326 e. The molecule has 1 heterocycles. The Balaban J connectivity index is 3.03. The number of aromatic nitrogens is 2. The quantitative estimate of drug-likeness (QED) is 0.647. The van der Waals surface area contributed by atoms with Crippen molar-refractivity contribution in [3.8, 4) is 0 Å². The molecule has 0 aliphatic heterocycles. The summed E-state index contributed by atoms with van der Waals surface area (Å²) in [4.78, 5) is 26.6. The maximum atomic E-state index is 13.1. The Bertz CT molecular complexity index is 612. The number of aryl methyl sites for hydroxylation is 1. The van der Waals surface area contributed by atoms with Gasteiger partial charge in [0, 0.05) is 0 Å². The Labute approximate surface area is 77.4 Å². The minimum absolute atomic E-state index is 0.210. The van der Waals surface area contributed by atoms with Gasteiger partial charge in [-0.05, 0) is 24.6 Å². The van der Waals surface area contributed by atoms with Gasteiger partial charge in [0.15, 0.2) is 0 Å². The molecule has 5 heteroatoms. The van der Waals surface area contributed by atoms with Crippen molar-refractivity contribution in [1.29, 1.82) is 0 Å². The normalized spacial score (nSPS) is 10.7. The number of fused-ring (bicyclic) bond motifs is 1. The number of nitrogens with one attached hydrogen (secondary N) is 2. The summed E-state index contributed by atoms with van der Waals surface area (Å²) < 4.78 is 13.1. The van der Waals surface area contributed by atoms with Crippen molar-refractivity contribution in [2.45, 2.75) is 6.92 Å². The zero-order chi connectivity index (χ0) is 10.3. The molecule has 2 rings (SSSR count). The number of hydrogen-bond acceptors (Lipinski definition) is 2. The van der Waals surface area contributed by atoms with Crippen LogP contribution < -0.4 is 11.2 Å². The van der Waals surface area contributed by atoms with E-state index in [0.717, 1.165) is 6.07 Å². The number of aromatic amines is 2. The minimum atomic E-state index is -0.634. The van der Waals surface area contributed by atoms with E-state index in [-0.39, 0.29) is 10.9 Å². The number of benzene rings is 1.